The molecule has 0 bridgehead atoms. The van der Waals surface area contributed by atoms with Gasteiger partial charge >= 0.3 is 6.03 Å². The van der Waals surface area contributed by atoms with E-state index in [1.807, 2.05) is 73.7 Å². The van der Waals surface area contributed by atoms with Crippen LogP contribution in [-0.2, 0) is 0 Å². The van der Waals surface area contributed by atoms with Gasteiger partial charge in [-0.15, -0.1) is 0 Å². The minimum absolute atomic E-state index is 0.255. The van der Waals surface area contributed by atoms with E-state index in [0.29, 0.717) is 33.8 Å². The largest absolute Gasteiger partial charge is 0.497 e. The highest BCUT2D eigenvalue weighted by Crippen LogP contribution is 2.39. The molecule has 2 amide bonds. The fraction of sp³-hybridized carbons (Fsp3) is 0.115. The molecule has 1 aromatic heterocycles. The number of amides is 2. The predicted molar refractivity (Wildman–Crippen MR) is 131 cm³/mol. The van der Waals surface area contributed by atoms with Gasteiger partial charge in [0.2, 0.25) is 5.82 Å². The molecule has 1 aliphatic rings. The molecule has 0 aliphatic carbocycles. The van der Waals surface area contributed by atoms with Crippen molar-refractivity contribution in [3.63, 3.8) is 0 Å². The second-order valence-corrected chi connectivity index (χ2v) is 8.20. The number of ether oxygens (including phenoxy) is 1. The van der Waals surface area contributed by atoms with Crippen molar-refractivity contribution in [3.8, 4) is 17.1 Å². The lowest BCUT2D eigenvalue weighted by molar-refractivity contribution is 0.244. The number of benzene rings is 3. The fourth-order valence-electron chi connectivity index (χ4n) is 4.06. The Kier molecular flexibility index (Phi) is 5.77. The van der Waals surface area contributed by atoms with Gasteiger partial charge in [-0.05, 0) is 48.9 Å². The molecule has 170 valence electrons. The summed E-state index contributed by atoms with van der Waals surface area (Å²) in [6.45, 7) is 1.87. The molecule has 7 nitrogen and oxygen atoms in total. The zero-order valence-electron chi connectivity index (χ0n) is 18.5. The third-order valence-corrected chi connectivity index (χ3v) is 5.90. The van der Waals surface area contributed by atoms with Gasteiger partial charge in [0.05, 0.1) is 24.4 Å². The maximum atomic E-state index is 13.3. The average Bonchev–Trinajstić information content (AvgIpc) is 3.34. The van der Waals surface area contributed by atoms with Gasteiger partial charge in [-0.3, -0.25) is 4.90 Å². The molecular formula is C26H21ClN4O3. The van der Waals surface area contributed by atoms with Gasteiger partial charge in [-0.25, -0.2) is 4.79 Å². The molecule has 0 saturated carbocycles. The van der Waals surface area contributed by atoms with Crippen LogP contribution in [-0.4, -0.2) is 23.3 Å². The normalized spacial score (nSPS) is 15.9. The van der Waals surface area contributed by atoms with Crippen LogP contribution in [0.15, 0.2) is 89.1 Å². The number of carbonyl (C=O) groups excluding carboxylic acids is 1. The quantitative estimate of drug-likeness (QED) is 0.379. The first kappa shape index (κ1) is 21.7. The topological polar surface area (TPSA) is 80.5 Å². The summed E-state index contributed by atoms with van der Waals surface area (Å²) in [5, 5.41) is 7.85. The number of urea groups is 1. The zero-order chi connectivity index (χ0) is 23.7. The highest BCUT2D eigenvalue weighted by molar-refractivity contribution is 6.30. The van der Waals surface area contributed by atoms with E-state index in [0.717, 1.165) is 16.8 Å². The number of carbonyl (C=O) groups is 1. The molecule has 1 N–H and O–H groups in total. The molecule has 4 aromatic rings. The maximum Gasteiger partial charge on any atom is 0.326 e. The molecule has 1 atom stereocenters. The molecule has 1 unspecified atom stereocenters. The number of nitrogens with zero attached hydrogens (tertiary/aromatic N) is 3. The van der Waals surface area contributed by atoms with E-state index < -0.39 is 6.04 Å². The second kappa shape index (κ2) is 9.03. The Morgan fingerprint density at radius 1 is 1.03 bits per heavy atom. The lowest BCUT2D eigenvalue weighted by Gasteiger charge is -2.35. The van der Waals surface area contributed by atoms with Crippen molar-refractivity contribution in [3.05, 3.63) is 101 Å². The Bertz CT molecular complexity index is 1380. The lowest BCUT2D eigenvalue weighted by atomic mass is 9.94. The maximum absolute atomic E-state index is 13.3. The standard InChI is InChI=1S/C26H21ClN4O3/c1-16-22(25-29-24(30-34-25)18-9-6-10-19(27)14-18)23(17-8-7-13-21(15-17)33-2)28-26(32)31(16)20-11-4-3-5-12-20/h3-15,23H,1-2H3,(H,28,32). The molecule has 5 rings (SSSR count). The van der Waals surface area contributed by atoms with E-state index in [-0.39, 0.29) is 6.03 Å². The number of rotatable bonds is 5. The molecule has 2 heterocycles. The number of methoxy groups -OCH3 is 1. The summed E-state index contributed by atoms with van der Waals surface area (Å²) in [6.07, 6.45) is 0. The SMILES string of the molecule is COc1cccc(C2NC(=O)N(c3ccccc3)C(C)=C2c2nc(-c3cccc(Cl)c3)no2)c1. The number of anilines is 1. The van der Waals surface area contributed by atoms with Crippen LogP contribution in [0, 0.1) is 0 Å². The van der Waals surface area contributed by atoms with Gasteiger partial charge < -0.3 is 14.6 Å². The molecular weight excluding hydrogens is 452 g/mol. The van der Waals surface area contributed by atoms with Crippen molar-refractivity contribution < 1.29 is 14.1 Å². The van der Waals surface area contributed by atoms with E-state index in [1.54, 1.807) is 24.1 Å². The van der Waals surface area contributed by atoms with Gasteiger partial charge in [-0.2, -0.15) is 4.98 Å². The van der Waals surface area contributed by atoms with E-state index in [4.69, 9.17) is 20.9 Å². The number of halogens is 1. The van der Waals surface area contributed by atoms with Crippen LogP contribution in [0.5, 0.6) is 5.75 Å². The van der Waals surface area contributed by atoms with E-state index in [9.17, 15) is 4.79 Å². The molecule has 0 radical (unpaired) electrons. The Hall–Kier alpha value is -4.10. The van der Waals surface area contributed by atoms with Gasteiger partial charge in [-0.1, -0.05) is 59.2 Å². The summed E-state index contributed by atoms with van der Waals surface area (Å²) in [5.74, 6) is 1.39. The second-order valence-electron chi connectivity index (χ2n) is 7.76. The van der Waals surface area contributed by atoms with Crippen LogP contribution in [0.2, 0.25) is 5.02 Å². The van der Waals surface area contributed by atoms with E-state index >= 15 is 0 Å². The number of para-hydroxylation sites is 1. The third-order valence-electron chi connectivity index (χ3n) is 5.67. The summed E-state index contributed by atoms with van der Waals surface area (Å²) in [4.78, 5) is 19.5. The molecule has 0 saturated heterocycles. The van der Waals surface area contributed by atoms with Crippen LogP contribution in [0.25, 0.3) is 17.0 Å². The van der Waals surface area contributed by atoms with Gasteiger partial charge in [0.1, 0.15) is 5.75 Å². The average molecular weight is 473 g/mol. The van der Waals surface area contributed by atoms with E-state index in [2.05, 4.69) is 15.5 Å². The first-order valence-corrected chi connectivity index (χ1v) is 11.0. The fourth-order valence-corrected chi connectivity index (χ4v) is 4.25. The smallest absolute Gasteiger partial charge is 0.326 e. The Morgan fingerprint density at radius 2 is 1.82 bits per heavy atom. The van der Waals surface area contributed by atoms with Gasteiger partial charge in [0, 0.05) is 16.3 Å². The first-order chi connectivity index (χ1) is 16.5. The molecule has 3 aromatic carbocycles. The van der Waals surface area contributed by atoms with Crippen LogP contribution in [0.1, 0.15) is 24.4 Å². The van der Waals surface area contributed by atoms with Crippen molar-refractivity contribution in [2.45, 2.75) is 13.0 Å². The first-order valence-electron chi connectivity index (χ1n) is 10.7. The minimum Gasteiger partial charge on any atom is -0.497 e. The van der Waals surface area contributed by atoms with Crippen molar-refractivity contribution >= 4 is 28.9 Å². The Morgan fingerprint density at radius 3 is 2.59 bits per heavy atom. The lowest BCUT2D eigenvalue weighted by Crippen LogP contribution is -2.46. The molecule has 1 aliphatic heterocycles. The van der Waals surface area contributed by atoms with Crippen LogP contribution in [0.4, 0.5) is 10.5 Å². The number of aromatic nitrogens is 2. The summed E-state index contributed by atoms with van der Waals surface area (Å²) < 4.78 is 11.1. The summed E-state index contributed by atoms with van der Waals surface area (Å²) in [5.41, 5.74) is 3.67. The minimum atomic E-state index is -0.518. The van der Waals surface area contributed by atoms with Crippen LogP contribution < -0.4 is 15.0 Å². The molecule has 0 fully saturated rings. The number of allylic oxidation sites excluding steroid dienone is 1. The van der Waals surface area contributed by atoms with Crippen LogP contribution >= 0.6 is 11.6 Å². The summed E-state index contributed by atoms with van der Waals surface area (Å²) in [7, 11) is 1.60. The highest BCUT2D eigenvalue weighted by atomic mass is 35.5. The van der Waals surface area contributed by atoms with Crippen molar-refractivity contribution in [1.82, 2.24) is 15.5 Å². The number of nitrogens with one attached hydrogen (secondary N) is 1. The highest BCUT2D eigenvalue weighted by Gasteiger charge is 2.36. The zero-order valence-corrected chi connectivity index (χ0v) is 19.3. The molecule has 8 heteroatoms. The molecule has 34 heavy (non-hydrogen) atoms. The number of hydrogen-bond acceptors (Lipinski definition) is 5. The monoisotopic (exact) mass is 472 g/mol. The van der Waals surface area contributed by atoms with Crippen LogP contribution in [0.3, 0.4) is 0 Å². The Balaban J connectivity index is 1.66. The van der Waals surface area contributed by atoms with Gasteiger partial charge in [0.25, 0.3) is 5.89 Å². The van der Waals surface area contributed by atoms with Gasteiger partial charge in [0.15, 0.2) is 0 Å². The third kappa shape index (κ3) is 4.02. The number of hydrogen-bond donors (Lipinski definition) is 1. The Labute approximate surface area is 201 Å². The predicted octanol–water partition coefficient (Wildman–Crippen LogP) is 6.10. The van der Waals surface area contributed by atoms with Crippen molar-refractivity contribution in [2.24, 2.45) is 0 Å². The molecule has 0 spiro atoms. The van der Waals surface area contributed by atoms with Crippen molar-refractivity contribution in [2.75, 3.05) is 12.0 Å². The van der Waals surface area contributed by atoms with E-state index in [1.165, 1.54) is 0 Å². The van der Waals surface area contributed by atoms with Crippen molar-refractivity contribution in [1.29, 1.82) is 0 Å². The summed E-state index contributed by atoms with van der Waals surface area (Å²) >= 11 is 6.15. The summed E-state index contributed by atoms with van der Waals surface area (Å²) in [6, 6.07) is 23.4.